The average molecular weight is 242 g/mol. The predicted molar refractivity (Wildman–Crippen MR) is 68.3 cm³/mol. The maximum absolute atomic E-state index is 11.9. The Bertz CT molecular complexity index is 553. The second-order valence-corrected chi connectivity index (χ2v) is 3.97. The molecule has 2 N–H and O–H groups in total. The van der Waals surface area contributed by atoms with Gasteiger partial charge in [0.05, 0.1) is 17.8 Å². The molecule has 2 aromatic rings. The van der Waals surface area contributed by atoms with Crippen molar-refractivity contribution >= 4 is 5.91 Å². The summed E-state index contributed by atoms with van der Waals surface area (Å²) in [6.45, 7) is 2.10. The molecule has 4 nitrogen and oxygen atoms in total. The molecule has 2 rings (SSSR count). The van der Waals surface area contributed by atoms with E-state index in [1.807, 2.05) is 18.2 Å². The molecule has 1 amide bonds. The van der Waals surface area contributed by atoms with Crippen LogP contribution in [0.1, 0.15) is 21.6 Å². The van der Waals surface area contributed by atoms with Crippen LogP contribution in [-0.2, 0) is 6.54 Å². The molecule has 92 valence electrons. The number of phenols is 1. The Morgan fingerprint density at radius 3 is 2.83 bits per heavy atom. The van der Waals surface area contributed by atoms with Crippen LogP contribution in [0.15, 0.2) is 42.6 Å². The fraction of sp³-hybridized carbons (Fsp3) is 0.143. The minimum atomic E-state index is -0.304. The molecular weight excluding hydrogens is 228 g/mol. The smallest absolute Gasteiger partial charge is 0.255 e. The Hall–Kier alpha value is -2.36. The van der Waals surface area contributed by atoms with Gasteiger partial charge in [-0.3, -0.25) is 9.78 Å². The van der Waals surface area contributed by atoms with E-state index in [-0.39, 0.29) is 17.2 Å². The van der Waals surface area contributed by atoms with E-state index < -0.39 is 0 Å². The van der Waals surface area contributed by atoms with Crippen molar-refractivity contribution in [2.24, 2.45) is 0 Å². The maximum Gasteiger partial charge on any atom is 0.255 e. The van der Waals surface area contributed by atoms with Gasteiger partial charge < -0.3 is 10.4 Å². The fourth-order valence-corrected chi connectivity index (χ4v) is 1.61. The lowest BCUT2D eigenvalue weighted by atomic mass is 10.1. The first kappa shape index (κ1) is 12.1. The monoisotopic (exact) mass is 242 g/mol. The van der Waals surface area contributed by atoms with E-state index in [1.54, 1.807) is 31.3 Å². The van der Waals surface area contributed by atoms with E-state index in [4.69, 9.17) is 0 Å². The molecule has 0 saturated carbocycles. The molecule has 1 aromatic heterocycles. The van der Waals surface area contributed by atoms with Crippen LogP contribution in [0.4, 0.5) is 0 Å². The number of aromatic hydroxyl groups is 1. The number of para-hydroxylation sites is 1. The van der Waals surface area contributed by atoms with Crippen LogP contribution in [0.5, 0.6) is 5.75 Å². The highest BCUT2D eigenvalue weighted by molar-refractivity contribution is 5.97. The van der Waals surface area contributed by atoms with Crippen LogP contribution in [0.25, 0.3) is 0 Å². The number of nitrogens with zero attached hydrogens (tertiary/aromatic N) is 1. The normalized spacial score (nSPS) is 10.1. The molecule has 1 aromatic carbocycles. The third-order valence-electron chi connectivity index (χ3n) is 2.64. The van der Waals surface area contributed by atoms with E-state index in [9.17, 15) is 9.90 Å². The molecule has 0 aliphatic heterocycles. The van der Waals surface area contributed by atoms with Crippen molar-refractivity contribution in [2.75, 3.05) is 0 Å². The molecule has 0 aliphatic rings. The van der Waals surface area contributed by atoms with Crippen LogP contribution in [0.2, 0.25) is 0 Å². The summed E-state index contributed by atoms with van der Waals surface area (Å²) in [5.74, 6) is -0.280. The molecule has 0 unspecified atom stereocenters. The standard InChI is InChI=1S/C14H14N2O2/c1-10-5-4-7-12(13(10)17)14(18)16-9-11-6-2-3-8-15-11/h2-8,17H,9H2,1H3,(H,16,18). The van der Waals surface area contributed by atoms with Crippen molar-refractivity contribution in [1.82, 2.24) is 10.3 Å². The fourth-order valence-electron chi connectivity index (χ4n) is 1.61. The number of pyridine rings is 1. The molecule has 1 heterocycles. The third kappa shape index (κ3) is 2.66. The molecule has 0 spiro atoms. The zero-order valence-electron chi connectivity index (χ0n) is 10.1. The zero-order chi connectivity index (χ0) is 13.0. The van der Waals surface area contributed by atoms with E-state index in [2.05, 4.69) is 10.3 Å². The zero-order valence-corrected chi connectivity index (χ0v) is 10.1. The number of aromatic nitrogens is 1. The van der Waals surface area contributed by atoms with Gasteiger partial charge in [0.2, 0.25) is 0 Å². The average Bonchev–Trinajstić information content (AvgIpc) is 2.40. The molecule has 4 heteroatoms. The number of hydrogen-bond donors (Lipinski definition) is 2. The first-order chi connectivity index (χ1) is 8.68. The van der Waals surface area contributed by atoms with Gasteiger partial charge in [0, 0.05) is 6.20 Å². The lowest BCUT2D eigenvalue weighted by Gasteiger charge is -2.07. The van der Waals surface area contributed by atoms with Crippen LogP contribution in [-0.4, -0.2) is 16.0 Å². The molecule has 0 aliphatic carbocycles. The summed E-state index contributed by atoms with van der Waals surface area (Å²) in [5, 5.41) is 12.5. The molecule has 0 bridgehead atoms. The Balaban J connectivity index is 2.07. The highest BCUT2D eigenvalue weighted by Crippen LogP contribution is 2.21. The molecule has 0 radical (unpaired) electrons. The van der Waals surface area contributed by atoms with E-state index in [1.165, 1.54) is 0 Å². The van der Waals surface area contributed by atoms with Crippen LogP contribution in [0.3, 0.4) is 0 Å². The third-order valence-corrected chi connectivity index (χ3v) is 2.64. The number of amides is 1. The summed E-state index contributed by atoms with van der Waals surface area (Å²) in [6, 6.07) is 10.6. The van der Waals surface area contributed by atoms with Gasteiger partial charge in [0.1, 0.15) is 5.75 Å². The number of nitrogens with one attached hydrogen (secondary N) is 1. The van der Waals surface area contributed by atoms with Crippen molar-refractivity contribution in [1.29, 1.82) is 0 Å². The molecule has 0 atom stereocenters. The minimum Gasteiger partial charge on any atom is -0.507 e. The Morgan fingerprint density at radius 2 is 2.11 bits per heavy atom. The Labute approximate surface area is 105 Å². The molecule has 18 heavy (non-hydrogen) atoms. The van der Waals surface area contributed by atoms with E-state index in [0.717, 1.165) is 5.69 Å². The minimum absolute atomic E-state index is 0.0241. The highest BCUT2D eigenvalue weighted by atomic mass is 16.3. The summed E-state index contributed by atoms with van der Waals surface area (Å²) in [4.78, 5) is 16.0. The van der Waals surface area contributed by atoms with Gasteiger partial charge in [-0.05, 0) is 30.7 Å². The molecule has 0 fully saturated rings. The maximum atomic E-state index is 11.9. The molecule has 0 saturated heterocycles. The van der Waals surface area contributed by atoms with E-state index in [0.29, 0.717) is 12.1 Å². The second kappa shape index (κ2) is 5.31. The highest BCUT2D eigenvalue weighted by Gasteiger charge is 2.11. The Morgan fingerprint density at radius 1 is 1.28 bits per heavy atom. The number of phenolic OH excluding ortho intramolecular Hbond substituents is 1. The summed E-state index contributed by atoms with van der Waals surface area (Å²) < 4.78 is 0. The first-order valence-corrected chi connectivity index (χ1v) is 5.65. The number of hydrogen-bond acceptors (Lipinski definition) is 3. The summed E-state index contributed by atoms with van der Waals surface area (Å²) in [6.07, 6.45) is 1.67. The first-order valence-electron chi connectivity index (χ1n) is 5.65. The van der Waals surface area contributed by atoms with E-state index >= 15 is 0 Å². The van der Waals surface area contributed by atoms with Gasteiger partial charge >= 0.3 is 0 Å². The number of benzene rings is 1. The van der Waals surface area contributed by atoms with Crippen molar-refractivity contribution in [3.05, 3.63) is 59.4 Å². The number of aryl methyl sites for hydroxylation is 1. The summed E-state index contributed by atoms with van der Waals surface area (Å²) in [5.41, 5.74) is 1.74. The number of carbonyl (C=O) groups is 1. The van der Waals surface area contributed by atoms with Gasteiger partial charge in [-0.2, -0.15) is 0 Å². The van der Waals surface area contributed by atoms with Crippen LogP contribution >= 0.6 is 0 Å². The lowest BCUT2D eigenvalue weighted by molar-refractivity contribution is 0.0947. The number of carbonyl (C=O) groups excluding carboxylic acids is 1. The van der Waals surface area contributed by atoms with Gasteiger partial charge in [-0.25, -0.2) is 0 Å². The SMILES string of the molecule is Cc1cccc(C(=O)NCc2ccccn2)c1O. The lowest BCUT2D eigenvalue weighted by Crippen LogP contribution is -2.23. The summed E-state index contributed by atoms with van der Waals surface area (Å²) >= 11 is 0. The van der Waals surface area contributed by atoms with Crippen LogP contribution < -0.4 is 5.32 Å². The largest absolute Gasteiger partial charge is 0.507 e. The second-order valence-electron chi connectivity index (χ2n) is 3.97. The number of rotatable bonds is 3. The van der Waals surface area contributed by atoms with Gasteiger partial charge in [-0.1, -0.05) is 18.2 Å². The topological polar surface area (TPSA) is 62.2 Å². The Kier molecular flexibility index (Phi) is 3.57. The van der Waals surface area contributed by atoms with Crippen molar-refractivity contribution in [2.45, 2.75) is 13.5 Å². The van der Waals surface area contributed by atoms with Crippen molar-refractivity contribution < 1.29 is 9.90 Å². The predicted octanol–water partition coefficient (Wildman–Crippen LogP) is 2.03. The van der Waals surface area contributed by atoms with Gasteiger partial charge in [-0.15, -0.1) is 0 Å². The quantitative estimate of drug-likeness (QED) is 0.865. The molecular formula is C14H14N2O2. The van der Waals surface area contributed by atoms with Gasteiger partial charge in [0.25, 0.3) is 5.91 Å². The van der Waals surface area contributed by atoms with Crippen LogP contribution in [0, 0.1) is 6.92 Å². The van der Waals surface area contributed by atoms with Crippen molar-refractivity contribution in [3.8, 4) is 5.75 Å². The van der Waals surface area contributed by atoms with Gasteiger partial charge in [0.15, 0.2) is 0 Å². The summed E-state index contributed by atoms with van der Waals surface area (Å²) in [7, 11) is 0. The van der Waals surface area contributed by atoms with Crippen molar-refractivity contribution in [3.63, 3.8) is 0 Å².